The molecule has 3 rings (SSSR count). The Morgan fingerprint density at radius 1 is 1.11 bits per heavy atom. The lowest BCUT2D eigenvalue weighted by atomic mass is 10.0. The molecule has 0 aliphatic carbocycles. The average Bonchev–Trinajstić information content (AvgIpc) is 2.96. The molecule has 4 heteroatoms. The monoisotopic (exact) mass is 377 g/mol. The highest BCUT2D eigenvalue weighted by molar-refractivity contribution is 6.30. The van der Waals surface area contributed by atoms with Gasteiger partial charge < -0.3 is 9.47 Å². The highest BCUT2D eigenvalue weighted by Gasteiger charge is 2.22. The molecule has 3 aromatic rings. The predicted molar refractivity (Wildman–Crippen MR) is 116 cm³/mol. The van der Waals surface area contributed by atoms with Crippen molar-refractivity contribution in [3.05, 3.63) is 83.3 Å². The third kappa shape index (κ3) is 3.90. The van der Waals surface area contributed by atoms with E-state index >= 15 is 0 Å². The summed E-state index contributed by atoms with van der Waals surface area (Å²) in [6.07, 6.45) is 9.82. The van der Waals surface area contributed by atoms with E-state index in [1.54, 1.807) is 0 Å². The molecule has 0 fully saturated rings. The standard InChI is InChI=1S/C23H24ClN3/c1-5-7-20-21(16-26(3)4)23(17-12-14-25-15-13-17)27(22(20)6-2)19-10-8-18(24)9-11-19/h5-15H,2,16H2,1,3-4H3/b7-5-. The first-order chi connectivity index (χ1) is 13.1. The van der Waals surface area contributed by atoms with Crippen LogP contribution in [0.2, 0.25) is 5.02 Å². The number of aromatic nitrogens is 2. The smallest absolute Gasteiger partial charge is 0.0587 e. The van der Waals surface area contributed by atoms with Crippen LogP contribution < -0.4 is 0 Å². The van der Waals surface area contributed by atoms with Crippen LogP contribution in [0.3, 0.4) is 0 Å². The molecule has 0 N–H and O–H groups in total. The van der Waals surface area contributed by atoms with E-state index in [2.05, 4.69) is 47.3 Å². The predicted octanol–water partition coefficient (Wildman–Crippen LogP) is 5.93. The van der Waals surface area contributed by atoms with E-state index < -0.39 is 0 Å². The highest BCUT2D eigenvalue weighted by Crippen LogP contribution is 2.37. The summed E-state index contributed by atoms with van der Waals surface area (Å²) in [6, 6.07) is 12.0. The minimum atomic E-state index is 0.721. The molecular weight excluding hydrogens is 354 g/mol. The molecule has 3 nitrogen and oxygen atoms in total. The van der Waals surface area contributed by atoms with E-state index in [1.807, 2.05) is 61.8 Å². The van der Waals surface area contributed by atoms with Crippen molar-refractivity contribution >= 4 is 23.8 Å². The minimum absolute atomic E-state index is 0.721. The van der Waals surface area contributed by atoms with Crippen LogP contribution in [-0.4, -0.2) is 28.5 Å². The van der Waals surface area contributed by atoms with E-state index in [4.69, 9.17) is 11.6 Å². The number of allylic oxidation sites excluding steroid dienone is 1. The Kier molecular flexibility index (Phi) is 5.94. The molecule has 2 aromatic heterocycles. The van der Waals surface area contributed by atoms with Crippen molar-refractivity contribution in [1.82, 2.24) is 14.5 Å². The Morgan fingerprint density at radius 3 is 2.33 bits per heavy atom. The fourth-order valence-corrected chi connectivity index (χ4v) is 3.49. The van der Waals surface area contributed by atoms with Crippen molar-refractivity contribution in [3.63, 3.8) is 0 Å². The second-order valence-electron chi connectivity index (χ2n) is 6.62. The van der Waals surface area contributed by atoms with Crippen LogP contribution in [0, 0.1) is 0 Å². The van der Waals surface area contributed by atoms with Crippen molar-refractivity contribution in [2.45, 2.75) is 13.5 Å². The lowest BCUT2D eigenvalue weighted by Gasteiger charge is -2.15. The topological polar surface area (TPSA) is 21.1 Å². The Balaban J connectivity index is 2.42. The van der Waals surface area contributed by atoms with E-state index in [1.165, 1.54) is 11.1 Å². The van der Waals surface area contributed by atoms with Gasteiger partial charge in [0.05, 0.1) is 11.4 Å². The zero-order valence-corrected chi connectivity index (χ0v) is 16.7. The third-order valence-corrected chi connectivity index (χ3v) is 4.64. The first kappa shape index (κ1) is 19.2. The van der Waals surface area contributed by atoms with Crippen LogP contribution in [0.25, 0.3) is 29.1 Å². The van der Waals surface area contributed by atoms with E-state index in [-0.39, 0.29) is 0 Å². The number of rotatable bonds is 6. The number of nitrogens with zero attached hydrogens (tertiary/aromatic N) is 3. The van der Waals surface area contributed by atoms with Crippen LogP contribution >= 0.6 is 11.6 Å². The van der Waals surface area contributed by atoms with Gasteiger partial charge in [-0.25, -0.2) is 0 Å². The van der Waals surface area contributed by atoms with E-state index in [0.29, 0.717) is 0 Å². The Morgan fingerprint density at radius 2 is 1.78 bits per heavy atom. The fourth-order valence-electron chi connectivity index (χ4n) is 3.36. The molecule has 2 heterocycles. The van der Waals surface area contributed by atoms with Gasteiger partial charge in [0, 0.05) is 46.3 Å². The SMILES string of the molecule is C=Cc1c(/C=C\C)c(CN(C)C)c(-c2ccncc2)n1-c1ccc(Cl)cc1. The van der Waals surface area contributed by atoms with Crippen LogP contribution in [0.4, 0.5) is 0 Å². The molecule has 0 bridgehead atoms. The van der Waals surface area contributed by atoms with Gasteiger partial charge in [-0.15, -0.1) is 0 Å². The number of pyridine rings is 1. The lowest BCUT2D eigenvalue weighted by molar-refractivity contribution is 0.403. The summed E-state index contributed by atoms with van der Waals surface area (Å²) in [6.45, 7) is 6.96. The van der Waals surface area contributed by atoms with Gasteiger partial charge in [-0.1, -0.05) is 30.3 Å². The first-order valence-electron chi connectivity index (χ1n) is 8.90. The average molecular weight is 378 g/mol. The number of hydrogen-bond donors (Lipinski definition) is 0. The van der Waals surface area contributed by atoms with Gasteiger partial charge in [-0.2, -0.15) is 0 Å². The molecule has 138 valence electrons. The summed E-state index contributed by atoms with van der Waals surface area (Å²) in [5.74, 6) is 0. The summed E-state index contributed by atoms with van der Waals surface area (Å²) < 4.78 is 2.26. The van der Waals surface area contributed by atoms with Crippen LogP contribution in [0.1, 0.15) is 23.7 Å². The summed E-state index contributed by atoms with van der Waals surface area (Å²) in [7, 11) is 4.17. The second-order valence-corrected chi connectivity index (χ2v) is 7.05. The molecule has 0 atom stereocenters. The first-order valence-corrected chi connectivity index (χ1v) is 9.28. The zero-order chi connectivity index (χ0) is 19.4. The molecule has 0 saturated carbocycles. The van der Waals surface area contributed by atoms with Gasteiger partial charge in [-0.05, 0) is 63.5 Å². The fraction of sp³-hybridized carbons (Fsp3) is 0.174. The van der Waals surface area contributed by atoms with Crippen LogP contribution in [-0.2, 0) is 6.54 Å². The van der Waals surface area contributed by atoms with Gasteiger partial charge in [0.25, 0.3) is 0 Å². The Labute approximate surface area is 166 Å². The highest BCUT2D eigenvalue weighted by atomic mass is 35.5. The molecule has 0 aliphatic heterocycles. The molecule has 0 radical (unpaired) electrons. The summed E-state index contributed by atoms with van der Waals surface area (Å²) in [5.41, 5.74) is 6.83. The van der Waals surface area contributed by atoms with Gasteiger partial charge in [0.15, 0.2) is 0 Å². The molecule has 0 unspecified atom stereocenters. The number of benzene rings is 1. The van der Waals surface area contributed by atoms with Gasteiger partial charge in [0.1, 0.15) is 0 Å². The number of hydrogen-bond acceptors (Lipinski definition) is 2. The van der Waals surface area contributed by atoms with Gasteiger partial charge in [-0.3, -0.25) is 4.98 Å². The molecular formula is C23H24ClN3. The molecule has 27 heavy (non-hydrogen) atoms. The molecule has 0 spiro atoms. The van der Waals surface area contributed by atoms with Crippen molar-refractivity contribution in [3.8, 4) is 16.9 Å². The Bertz CT molecular complexity index is 952. The van der Waals surface area contributed by atoms with Gasteiger partial charge >= 0.3 is 0 Å². The quantitative estimate of drug-likeness (QED) is 0.530. The molecule has 0 aliphatic rings. The normalized spacial score (nSPS) is 11.4. The summed E-state index contributed by atoms with van der Waals surface area (Å²) in [4.78, 5) is 6.38. The minimum Gasteiger partial charge on any atom is -0.309 e. The zero-order valence-electron chi connectivity index (χ0n) is 16.0. The van der Waals surface area contributed by atoms with Crippen molar-refractivity contribution in [2.75, 3.05) is 14.1 Å². The summed E-state index contributed by atoms with van der Waals surface area (Å²) >= 11 is 6.13. The van der Waals surface area contributed by atoms with E-state index in [0.717, 1.165) is 34.2 Å². The Hall–Kier alpha value is -2.62. The van der Waals surface area contributed by atoms with Gasteiger partial charge in [0.2, 0.25) is 0 Å². The number of halogens is 1. The molecule has 0 saturated heterocycles. The van der Waals surface area contributed by atoms with Crippen molar-refractivity contribution in [1.29, 1.82) is 0 Å². The largest absolute Gasteiger partial charge is 0.309 e. The van der Waals surface area contributed by atoms with Crippen molar-refractivity contribution < 1.29 is 0 Å². The van der Waals surface area contributed by atoms with E-state index in [9.17, 15) is 0 Å². The molecule has 1 aromatic carbocycles. The third-order valence-electron chi connectivity index (χ3n) is 4.39. The van der Waals surface area contributed by atoms with Crippen LogP contribution in [0.15, 0.2) is 61.4 Å². The summed E-state index contributed by atoms with van der Waals surface area (Å²) in [5, 5.41) is 0.721. The maximum absolute atomic E-state index is 6.13. The van der Waals surface area contributed by atoms with Crippen LogP contribution in [0.5, 0.6) is 0 Å². The maximum Gasteiger partial charge on any atom is 0.0587 e. The maximum atomic E-state index is 6.13. The van der Waals surface area contributed by atoms with Crippen molar-refractivity contribution in [2.24, 2.45) is 0 Å². The second kappa shape index (κ2) is 8.38. The lowest BCUT2D eigenvalue weighted by Crippen LogP contribution is -2.12. The molecule has 0 amide bonds.